The van der Waals surface area contributed by atoms with E-state index in [1.807, 2.05) is 26.1 Å². The summed E-state index contributed by atoms with van der Waals surface area (Å²) in [6.45, 7) is 7.51. The first-order valence-corrected chi connectivity index (χ1v) is 10.7. The molecule has 0 aliphatic carbocycles. The number of carbonyl (C=O) groups is 1. The van der Waals surface area contributed by atoms with Crippen molar-refractivity contribution < 1.29 is 13.2 Å². The van der Waals surface area contributed by atoms with E-state index in [0.29, 0.717) is 43.3 Å². The van der Waals surface area contributed by atoms with Crippen molar-refractivity contribution in [1.82, 2.24) is 14.9 Å². The molecule has 1 unspecified atom stereocenters. The van der Waals surface area contributed by atoms with Crippen molar-refractivity contribution in [2.45, 2.75) is 50.5 Å². The maximum atomic E-state index is 12.8. The highest BCUT2D eigenvalue weighted by Crippen LogP contribution is 2.25. The Morgan fingerprint density at radius 2 is 1.70 bits per heavy atom. The predicted molar refractivity (Wildman–Crippen MR) is 111 cm³/mol. The van der Waals surface area contributed by atoms with Crippen LogP contribution in [0.4, 0.5) is 0 Å². The zero-order chi connectivity index (χ0) is 19.3. The highest BCUT2D eigenvalue weighted by Gasteiger charge is 2.32. The van der Waals surface area contributed by atoms with Crippen LogP contribution < -0.4 is 10.6 Å². The standard InChI is InChI=1S/C19H31N3O3S.ClH/c1-14(2)16-5-7-18(8-6-16)26(24,25)22-11-9-17(10-12-22)19(23)21-13-15(3)20-4;/h5-8,14-15,17,20H,9-13H2,1-4H3,(H,21,23);1H. The molecule has 1 amide bonds. The van der Waals surface area contributed by atoms with Gasteiger partial charge in [0.15, 0.2) is 0 Å². The summed E-state index contributed by atoms with van der Waals surface area (Å²) in [5, 5.41) is 6.01. The van der Waals surface area contributed by atoms with E-state index >= 15 is 0 Å². The first-order valence-electron chi connectivity index (χ1n) is 9.30. The van der Waals surface area contributed by atoms with Gasteiger partial charge in [-0.25, -0.2) is 8.42 Å². The van der Waals surface area contributed by atoms with E-state index in [1.54, 1.807) is 12.1 Å². The van der Waals surface area contributed by atoms with E-state index in [2.05, 4.69) is 24.5 Å². The van der Waals surface area contributed by atoms with Gasteiger partial charge in [0.1, 0.15) is 0 Å². The number of amides is 1. The molecule has 6 nitrogen and oxygen atoms in total. The number of piperidine rings is 1. The molecule has 0 spiro atoms. The van der Waals surface area contributed by atoms with E-state index in [9.17, 15) is 13.2 Å². The third-order valence-electron chi connectivity index (χ3n) is 5.08. The van der Waals surface area contributed by atoms with Crippen LogP contribution in [0.15, 0.2) is 29.2 Å². The molecule has 1 atom stereocenters. The summed E-state index contributed by atoms with van der Waals surface area (Å²) in [5.74, 6) is 0.269. The van der Waals surface area contributed by atoms with Gasteiger partial charge < -0.3 is 10.6 Å². The fourth-order valence-electron chi connectivity index (χ4n) is 3.03. The molecular formula is C19H32ClN3O3S. The Morgan fingerprint density at radius 1 is 1.15 bits per heavy atom. The molecule has 0 saturated carbocycles. The Hall–Kier alpha value is -1.15. The molecule has 0 radical (unpaired) electrons. The lowest BCUT2D eigenvalue weighted by Gasteiger charge is -2.30. The van der Waals surface area contributed by atoms with Gasteiger partial charge >= 0.3 is 0 Å². The van der Waals surface area contributed by atoms with Crippen molar-refractivity contribution in [1.29, 1.82) is 0 Å². The lowest BCUT2D eigenvalue weighted by Crippen LogP contribution is -2.45. The molecule has 154 valence electrons. The first kappa shape index (κ1) is 23.9. The van der Waals surface area contributed by atoms with Crippen LogP contribution in [0.2, 0.25) is 0 Å². The van der Waals surface area contributed by atoms with Gasteiger partial charge in [-0.05, 0) is 50.4 Å². The van der Waals surface area contributed by atoms with Crippen LogP contribution in [-0.2, 0) is 14.8 Å². The average Bonchev–Trinajstić information content (AvgIpc) is 2.65. The summed E-state index contributed by atoms with van der Waals surface area (Å²) >= 11 is 0. The molecule has 0 aromatic heterocycles. The van der Waals surface area contributed by atoms with Gasteiger partial charge in [0.25, 0.3) is 0 Å². The smallest absolute Gasteiger partial charge is 0.243 e. The van der Waals surface area contributed by atoms with Gasteiger partial charge in [-0.2, -0.15) is 4.31 Å². The van der Waals surface area contributed by atoms with E-state index in [4.69, 9.17) is 0 Å². The Morgan fingerprint density at radius 3 is 2.19 bits per heavy atom. The number of nitrogens with zero attached hydrogens (tertiary/aromatic N) is 1. The van der Waals surface area contributed by atoms with Crippen molar-refractivity contribution in [2.24, 2.45) is 5.92 Å². The van der Waals surface area contributed by atoms with Gasteiger partial charge in [0.05, 0.1) is 4.90 Å². The lowest BCUT2D eigenvalue weighted by molar-refractivity contribution is -0.126. The van der Waals surface area contributed by atoms with Crippen molar-refractivity contribution in [3.8, 4) is 0 Å². The number of hydrogen-bond acceptors (Lipinski definition) is 4. The second-order valence-electron chi connectivity index (χ2n) is 7.34. The number of rotatable bonds is 7. The van der Waals surface area contributed by atoms with Crippen LogP contribution in [0.3, 0.4) is 0 Å². The van der Waals surface area contributed by atoms with Crippen LogP contribution in [0, 0.1) is 5.92 Å². The molecular weight excluding hydrogens is 386 g/mol. The molecule has 8 heteroatoms. The number of halogens is 1. The van der Waals surface area contributed by atoms with E-state index in [-0.39, 0.29) is 30.3 Å². The topological polar surface area (TPSA) is 78.5 Å². The summed E-state index contributed by atoms with van der Waals surface area (Å²) in [4.78, 5) is 12.6. The quantitative estimate of drug-likeness (QED) is 0.713. The first-order chi connectivity index (χ1) is 12.3. The maximum Gasteiger partial charge on any atom is 0.243 e. The molecule has 2 rings (SSSR count). The minimum Gasteiger partial charge on any atom is -0.354 e. The molecule has 1 saturated heterocycles. The van der Waals surface area contributed by atoms with Crippen molar-refractivity contribution in [3.63, 3.8) is 0 Å². The average molecular weight is 418 g/mol. The fourth-order valence-corrected chi connectivity index (χ4v) is 4.50. The monoisotopic (exact) mass is 417 g/mol. The van der Waals surface area contributed by atoms with Crippen LogP contribution >= 0.6 is 12.4 Å². The minimum absolute atomic E-state index is 0. The summed E-state index contributed by atoms with van der Waals surface area (Å²) in [6.07, 6.45) is 1.12. The third kappa shape index (κ3) is 6.17. The number of hydrogen-bond donors (Lipinski definition) is 2. The number of nitrogens with one attached hydrogen (secondary N) is 2. The Bertz CT molecular complexity index is 699. The largest absolute Gasteiger partial charge is 0.354 e. The molecule has 1 fully saturated rings. The molecule has 1 aromatic rings. The second kappa shape index (κ2) is 10.4. The zero-order valence-corrected chi connectivity index (χ0v) is 18.2. The highest BCUT2D eigenvalue weighted by molar-refractivity contribution is 7.89. The van der Waals surface area contributed by atoms with Crippen molar-refractivity contribution in [3.05, 3.63) is 29.8 Å². The fraction of sp³-hybridized carbons (Fsp3) is 0.632. The molecule has 2 N–H and O–H groups in total. The second-order valence-corrected chi connectivity index (χ2v) is 9.27. The summed E-state index contributed by atoms with van der Waals surface area (Å²) in [7, 11) is -1.64. The summed E-state index contributed by atoms with van der Waals surface area (Å²) < 4.78 is 27.1. The van der Waals surface area contributed by atoms with Gasteiger partial charge in [-0.3, -0.25) is 4.79 Å². The van der Waals surface area contributed by atoms with E-state index in [1.165, 1.54) is 4.31 Å². The Kier molecular flexibility index (Phi) is 9.21. The molecule has 0 bridgehead atoms. The van der Waals surface area contributed by atoms with E-state index in [0.717, 1.165) is 5.56 Å². The van der Waals surface area contributed by atoms with Crippen LogP contribution in [0.1, 0.15) is 45.1 Å². The molecule has 1 aliphatic heterocycles. The van der Waals surface area contributed by atoms with Crippen molar-refractivity contribution in [2.75, 3.05) is 26.7 Å². The summed E-state index contributed by atoms with van der Waals surface area (Å²) in [5.41, 5.74) is 1.12. The molecule has 27 heavy (non-hydrogen) atoms. The highest BCUT2D eigenvalue weighted by atomic mass is 35.5. The zero-order valence-electron chi connectivity index (χ0n) is 16.6. The maximum absolute atomic E-state index is 12.8. The summed E-state index contributed by atoms with van der Waals surface area (Å²) in [6, 6.07) is 7.33. The predicted octanol–water partition coefficient (Wildman–Crippen LogP) is 2.36. The van der Waals surface area contributed by atoms with Crippen LogP contribution in [-0.4, -0.2) is 51.4 Å². The van der Waals surface area contributed by atoms with Gasteiger partial charge in [-0.1, -0.05) is 26.0 Å². The Balaban J connectivity index is 0.00000364. The van der Waals surface area contributed by atoms with Crippen LogP contribution in [0.25, 0.3) is 0 Å². The Labute approximate surface area is 169 Å². The number of sulfonamides is 1. The van der Waals surface area contributed by atoms with Gasteiger partial charge in [0.2, 0.25) is 15.9 Å². The van der Waals surface area contributed by atoms with Gasteiger partial charge in [-0.15, -0.1) is 12.4 Å². The van der Waals surface area contributed by atoms with Crippen LogP contribution in [0.5, 0.6) is 0 Å². The normalized spacial score (nSPS) is 17.4. The molecule has 1 aliphatic rings. The number of carbonyl (C=O) groups excluding carboxylic acids is 1. The molecule has 1 heterocycles. The van der Waals surface area contributed by atoms with E-state index < -0.39 is 10.0 Å². The van der Waals surface area contributed by atoms with Gasteiger partial charge in [0, 0.05) is 31.6 Å². The lowest BCUT2D eigenvalue weighted by atomic mass is 9.97. The third-order valence-corrected chi connectivity index (χ3v) is 7.00. The van der Waals surface area contributed by atoms with Crippen molar-refractivity contribution >= 4 is 28.3 Å². The molecule has 1 aromatic carbocycles. The number of likely N-dealkylation sites (N-methyl/N-ethyl adjacent to an activating group) is 1. The SMILES string of the molecule is CNC(C)CNC(=O)C1CCN(S(=O)(=O)c2ccc(C(C)C)cc2)CC1.Cl. The number of benzene rings is 1. The minimum atomic E-state index is -3.49.